The molecule has 5 heteroatoms. The number of hydrogen-bond acceptors (Lipinski definition) is 5. The molecule has 0 fully saturated rings. The first-order valence-corrected chi connectivity index (χ1v) is 5.34. The van der Waals surface area contributed by atoms with E-state index in [9.17, 15) is 5.11 Å². The molecule has 0 amide bonds. The number of rotatable bonds is 6. The Hall–Kier alpha value is -0.880. The predicted molar refractivity (Wildman–Crippen MR) is 59.7 cm³/mol. The molecule has 0 saturated carbocycles. The number of ether oxygens (including phenoxy) is 1. The molecular weight excluding hydrogens is 214 g/mol. The Kier molecular flexibility index (Phi) is 4.77. The average Bonchev–Trinajstić information content (AvgIpc) is 2.72. The summed E-state index contributed by atoms with van der Waals surface area (Å²) >= 11 is 1.42. The molecule has 1 atom stereocenters. The summed E-state index contributed by atoms with van der Waals surface area (Å²) in [6.07, 6.45) is 0.850. The monoisotopic (exact) mass is 229 g/mol. The van der Waals surface area contributed by atoms with Gasteiger partial charge in [0.15, 0.2) is 6.23 Å². The van der Waals surface area contributed by atoms with E-state index in [0.717, 1.165) is 4.88 Å². The number of aliphatic hydroxyl groups is 1. The number of thiophene rings is 1. The summed E-state index contributed by atoms with van der Waals surface area (Å²) in [6, 6.07) is 1.82. The number of nitrogens with zero attached hydrogens (tertiary/aromatic N) is 1. The molecule has 1 unspecified atom stereocenters. The van der Waals surface area contributed by atoms with E-state index in [2.05, 4.69) is 6.58 Å². The number of hydrogen-bond donors (Lipinski definition) is 1. The highest BCUT2D eigenvalue weighted by atomic mass is 32.1. The van der Waals surface area contributed by atoms with Crippen LogP contribution in [-0.4, -0.2) is 30.9 Å². The van der Waals surface area contributed by atoms with E-state index < -0.39 is 6.23 Å². The lowest BCUT2D eigenvalue weighted by molar-refractivity contribution is -0.205. The van der Waals surface area contributed by atoms with Crippen molar-refractivity contribution in [3.05, 3.63) is 29.0 Å². The maximum Gasteiger partial charge on any atom is 0.168 e. The zero-order valence-electron chi connectivity index (χ0n) is 8.84. The maximum atomic E-state index is 9.86. The first-order chi connectivity index (χ1) is 7.20. The molecule has 0 radical (unpaired) electrons. The highest BCUT2D eigenvalue weighted by Crippen LogP contribution is 2.32. The average molecular weight is 229 g/mol. The minimum Gasteiger partial charge on any atom is -0.488 e. The Balaban J connectivity index is 2.74. The van der Waals surface area contributed by atoms with Gasteiger partial charge in [0.2, 0.25) is 0 Å². The zero-order valence-corrected chi connectivity index (χ0v) is 9.66. The summed E-state index contributed by atoms with van der Waals surface area (Å²) in [5.41, 5.74) is 0. The molecule has 0 bridgehead atoms. The van der Waals surface area contributed by atoms with Crippen molar-refractivity contribution >= 4 is 11.3 Å². The standard InChI is InChI=1S/C10H15NO3S/c1-4-6-14-8-5-7-15-9(8)10(12)11(2)13-3/h4-5,7,10,12H,1,6H2,2-3H3. The zero-order chi connectivity index (χ0) is 11.3. The van der Waals surface area contributed by atoms with Crippen LogP contribution in [0.5, 0.6) is 5.75 Å². The molecular formula is C10H15NO3S. The van der Waals surface area contributed by atoms with Gasteiger partial charge >= 0.3 is 0 Å². The van der Waals surface area contributed by atoms with Crippen LogP contribution in [0.1, 0.15) is 11.1 Å². The Morgan fingerprint density at radius 2 is 2.47 bits per heavy atom. The minimum absolute atomic E-state index is 0.424. The summed E-state index contributed by atoms with van der Waals surface area (Å²) in [5.74, 6) is 0.663. The second-order valence-corrected chi connectivity index (χ2v) is 3.80. The van der Waals surface area contributed by atoms with Gasteiger partial charge in [-0.1, -0.05) is 12.7 Å². The molecule has 0 aromatic carbocycles. The van der Waals surface area contributed by atoms with Crippen LogP contribution in [0.25, 0.3) is 0 Å². The molecule has 1 rings (SSSR count). The summed E-state index contributed by atoms with van der Waals surface area (Å²) in [4.78, 5) is 5.63. The van der Waals surface area contributed by atoms with Gasteiger partial charge in [0.05, 0.1) is 12.0 Å². The third kappa shape index (κ3) is 3.04. The van der Waals surface area contributed by atoms with Crippen LogP contribution in [0.4, 0.5) is 0 Å². The lowest BCUT2D eigenvalue weighted by Crippen LogP contribution is -2.22. The summed E-state index contributed by atoms with van der Waals surface area (Å²) in [5, 5.41) is 13.1. The molecule has 0 aliphatic carbocycles. The Bertz CT molecular complexity index is 313. The summed E-state index contributed by atoms with van der Waals surface area (Å²) in [6.45, 7) is 3.99. The van der Waals surface area contributed by atoms with Crippen LogP contribution in [0.15, 0.2) is 24.1 Å². The molecule has 0 aliphatic rings. The first-order valence-electron chi connectivity index (χ1n) is 4.46. The largest absolute Gasteiger partial charge is 0.488 e. The van der Waals surface area contributed by atoms with Crippen molar-refractivity contribution < 1.29 is 14.7 Å². The van der Waals surface area contributed by atoms with Gasteiger partial charge in [0.25, 0.3) is 0 Å². The summed E-state index contributed by atoms with van der Waals surface area (Å²) in [7, 11) is 3.16. The Labute approximate surface area is 93.3 Å². The van der Waals surface area contributed by atoms with Crippen molar-refractivity contribution in [2.45, 2.75) is 6.23 Å². The second-order valence-electron chi connectivity index (χ2n) is 2.85. The van der Waals surface area contributed by atoms with Gasteiger partial charge in [-0.15, -0.1) is 11.3 Å². The third-order valence-corrected chi connectivity index (χ3v) is 2.82. The van der Waals surface area contributed by atoms with Crippen molar-refractivity contribution in [2.24, 2.45) is 0 Å². The van der Waals surface area contributed by atoms with Crippen molar-refractivity contribution in [1.29, 1.82) is 0 Å². The predicted octanol–water partition coefficient (Wildman–Crippen LogP) is 1.80. The van der Waals surface area contributed by atoms with E-state index >= 15 is 0 Å². The van der Waals surface area contributed by atoms with Gasteiger partial charge in [-0.3, -0.25) is 4.84 Å². The van der Waals surface area contributed by atoms with Crippen LogP contribution < -0.4 is 4.74 Å². The van der Waals surface area contributed by atoms with Crippen molar-refractivity contribution in [3.8, 4) is 5.75 Å². The second kappa shape index (κ2) is 5.87. The number of aliphatic hydroxyl groups excluding tert-OH is 1. The van der Waals surface area contributed by atoms with Gasteiger partial charge in [-0.05, 0) is 11.4 Å². The highest BCUT2D eigenvalue weighted by Gasteiger charge is 2.19. The molecule has 1 N–H and O–H groups in total. The van der Waals surface area contributed by atoms with E-state index in [1.165, 1.54) is 23.5 Å². The molecule has 0 aliphatic heterocycles. The molecule has 1 aromatic rings. The van der Waals surface area contributed by atoms with Crippen LogP contribution in [0.3, 0.4) is 0 Å². The van der Waals surface area contributed by atoms with E-state index in [1.807, 2.05) is 11.4 Å². The van der Waals surface area contributed by atoms with E-state index in [4.69, 9.17) is 9.57 Å². The van der Waals surface area contributed by atoms with Gasteiger partial charge in [0, 0.05) is 7.05 Å². The lowest BCUT2D eigenvalue weighted by Gasteiger charge is -2.20. The van der Waals surface area contributed by atoms with Crippen molar-refractivity contribution in [3.63, 3.8) is 0 Å². The Morgan fingerprint density at radius 1 is 1.73 bits per heavy atom. The SMILES string of the molecule is C=CCOc1ccsc1C(O)N(C)OC. The summed E-state index contributed by atoms with van der Waals surface area (Å²) < 4.78 is 5.39. The molecule has 15 heavy (non-hydrogen) atoms. The van der Waals surface area contributed by atoms with Crippen LogP contribution in [0.2, 0.25) is 0 Å². The molecule has 1 heterocycles. The molecule has 0 saturated heterocycles. The van der Waals surface area contributed by atoms with Gasteiger partial charge in [-0.25, -0.2) is 0 Å². The van der Waals surface area contributed by atoms with E-state index in [-0.39, 0.29) is 0 Å². The topological polar surface area (TPSA) is 41.9 Å². The van der Waals surface area contributed by atoms with Crippen molar-refractivity contribution in [1.82, 2.24) is 5.06 Å². The fourth-order valence-electron chi connectivity index (χ4n) is 1.03. The fraction of sp³-hybridized carbons (Fsp3) is 0.400. The van der Waals surface area contributed by atoms with Crippen LogP contribution in [-0.2, 0) is 4.84 Å². The fourth-order valence-corrected chi connectivity index (χ4v) is 1.88. The highest BCUT2D eigenvalue weighted by molar-refractivity contribution is 7.10. The quantitative estimate of drug-likeness (QED) is 0.459. The van der Waals surface area contributed by atoms with Gasteiger partial charge in [0.1, 0.15) is 12.4 Å². The van der Waals surface area contributed by atoms with Gasteiger partial charge in [-0.2, -0.15) is 5.06 Å². The Morgan fingerprint density at radius 3 is 3.07 bits per heavy atom. The van der Waals surface area contributed by atoms with E-state index in [1.54, 1.807) is 13.1 Å². The molecule has 0 spiro atoms. The third-order valence-electron chi connectivity index (χ3n) is 1.88. The first kappa shape index (κ1) is 12.2. The smallest absolute Gasteiger partial charge is 0.168 e. The van der Waals surface area contributed by atoms with E-state index in [0.29, 0.717) is 12.4 Å². The molecule has 1 aromatic heterocycles. The molecule has 84 valence electrons. The lowest BCUT2D eigenvalue weighted by atomic mass is 10.4. The molecule has 4 nitrogen and oxygen atoms in total. The van der Waals surface area contributed by atoms with Crippen molar-refractivity contribution in [2.75, 3.05) is 20.8 Å². The normalized spacial score (nSPS) is 12.8. The van der Waals surface area contributed by atoms with Gasteiger partial charge < -0.3 is 9.84 Å². The van der Waals surface area contributed by atoms with Crippen LogP contribution >= 0.6 is 11.3 Å². The maximum absolute atomic E-state index is 9.86. The minimum atomic E-state index is -0.810. The van der Waals surface area contributed by atoms with Crippen LogP contribution in [0, 0.1) is 0 Å². The number of hydroxylamine groups is 2.